The van der Waals surface area contributed by atoms with Crippen molar-refractivity contribution in [3.8, 4) is 22.3 Å². The fourth-order valence-corrected chi connectivity index (χ4v) is 7.44. The van der Waals surface area contributed by atoms with E-state index in [-0.39, 0.29) is 6.29 Å². The molecule has 1 aliphatic heterocycles. The molecule has 5 heteroatoms. The predicted octanol–water partition coefficient (Wildman–Crippen LogP) is 11.1. The first-order valence-corrected chi connectivity index (χ1v) is 15.9. The molecule has 0 bridgehead atoms. The van der Waals surface area contributed by atoms with Crippen molar-refractivity contribution in [3.63, 3.8) is 0 Å². The molecule has 45 heavy (non-hydrogen) atoms. The highest BCUT2D eigenvalue weighted by Crippen LogP contribution is 2.41. The second-order valence-electron chi connectivity index (χ2n) is 11.2. The maximum absolute atomic E-state index is 6.35. The summed E-state index contributed by atoms with van der Waals surface area (Å²) in [5.74, 6) is 0. The second-order valence-corrected chi connectivity index (χ2v) is 12.3. The zero-order chi connectivity index (χ0) is 29.7. The lowest BCUT2D eigenvalue weighted by Crippen LogP contribution is -2.38. The molecule has 4 nitrogen and oxygen atoms in total. The first kappa shape index (κ1) is 25.8. The van der Waals surface area contributed by atoms with Gasteiger partial charge in [-0.05, 0) is 53.1 Å². The Morgan fingerprint density at radius 1 is 0.578 bits per heavy atom. The minimum absolute atomic E-state index is 0.317. The van der Waals surface area contributed by atoms with Crippen LogP contribution in [0.15, 0.2) is 155 Å². The minimum atomic E-state index is -0.317. The lowest BCUT2D eigenvalue weighted by atomic mass is 10.0. The van der Waals surface area contributed by atoms with Gasteiger partial charge in [0.25, 0.3) is 0 Å². The van der Waals surface area contributed by atoms with Gasteiger partial charge in [0.2, 0.25) is 6.29 Å². The van der Waals surface area contributed by atoms with Crippen LogP contribution < -0.4 is 10.2 Å². The molecule has 8 aromatic rings. The van der Waals surface area contributed by atoms with Gasteiger partial charge in [0.1, 0.15) is 11.2 Å². The highest BCUT2D eigenvalue weighted by atomic mass is 32.1. The van der Waals surface area contributed by atoms with Gasteiger partial charge in [0.05, 0.1) is 10.6 Å². The molecule has 1 unspecified atom stereocenters. The lowest BCUT2D eigenvalue weighted by molar-refractivity contribution is 0.670. The lowest BCUT2D eigenvalue weighted by Gasteiger charge is -2.34. The van der Waals surface area contributed by atoms with Crippen LogP contribution in [0.25, 0.3) is 54.3 Å². The number of furan rings is 1. The van der Waals surface area contributed by atoms with Gasteiger partial charge >= 0.3 is 0 Å². The third-order valence-electron chi connectivity index (χ3n) is 8.59. The molecule has 0 fully saturated rings. The number of hydrogen-bond acceptors (Lipinski definition) is 5. The van der Waals surface area contributed by atoms with Gasteiger partial charge in [-0.25, -0.2) is 4.99 Å². The van der Waals surface area contributed by atoms with Gasteiger partial charge in [-0.2, -0.15) is 0 Å². The van der Waals surface area contributed by atoms with Crippen molar-refractivity contribution in [2.75, 3.05) is 10.2 Å². The molecular weight excluding hydrogens is 571 g/mol. The predicted molar refractivity (Wildman–Crippen MR) is 190 cm³/mol. The molecule has 0 spiro atoms. The molecule has 1 aliphatic rings. The number of fused-ring (bicyclic) bond motifs is 6. The topological polar surface area (TPSA) is 40.8 Å². The van der Waals surface area contributed by atoms with Crippen LogP contribution in [0.1, 0.15) is 4.88 Å². The number of para-hydroxylation sites is 2. The summed E-state index contributed by atoms with van der Waals surface area (Å²) in [6.07, 6.45) is 1.70. The summed E-state index contributed by atoms with van der Waals surface area (Å²) in [6.45, 7) is 0. The van der Waals surface area contributed by atoms with E-state index in [2.05, 4.69) is 138 Å². The van der Waals surface area contributed by atoms with E-state index < -0.39 is 0 Å². The molecule has 0 saturated heterocycles. The molecule has 214 valence electrons. The molecule has 3 heterocycles. The van der Waals surface area contributed by atoms with Gasteiger partial charge in [0.15, 0.2) is 0 Å². The molecule has 1 atom stereocenters. The largest absolute Gasteiger partial charge is 0.455 e. The van der Waals surface area contributed by atoms with E-state index in [0.29, 0.717) is 0 Å². The average Bonchev–Trinajstić information content (AvgIpc) is 3.68. The maximum atomic E-state index is 6.35. The third kappa shape index (κ3) is 4.40. The summed E-state index contributed by atoms with van der Waals surface area (Å²) in [6, 6.07) is 51.1. The Hall–Kier alpha value is -5.65. The Morgan fingerprint density at radius 2 is 1.22 bits per heavy atom. The first-order chi connectivity index (χ1) is 22.3. The Morgan fingerprint density at radius 3 is 2.02 bits per heavy atom. The van der Waals surface area contributed by atoms with E-state index in [1.54, 1.807) is 11.3 Å². The van der Waals surface area contributed by atoms with Crippen molar-refractivity contribution >= 4 is 66.6 Å². The highest BCUT2D eigenvalue weighted by molar-refractivity contribution is 7.21. The quantitative estimate of drug-likeness (QED) is 0.215. The van der Waals surface area contributed by atoms with Gasteiger partial charge in [-0.1, -0.05) is 109 Å². The monoisotopic (exact) mass is 597 g/mol. The molecule has 6 aromatic carbocycles. The number of nitrogens with one attached hydrogen (secondary N) is 1. The van der Waals surface area contributed by atoms with E-state index in [1.807, 2.05) is 24.4 Å². The number of benzene rings is 6. The summed E-state index contributed by atoms with van der Waals surface area (Å²) < 4.78 is 7.60. The normalized spacial score (nSPS) is 14.1. The molecule has 1 N–H and O–H groups in total. The van der Waals surface area contributed by atoms with Crippen LogP contribution in [-0.2, 0) is 0 Å². The Bertz CT molecular complexity index is 2350. The standard InChI is InChI=1S/C40H27N3OS/c1-2-9-26(10-3-1)27-17-21-29(22-18-27)43(40-41-25-37-38(42-40)34-12-5-7-16-36(34)45-37)30-23-19-28(20-24-30)31-13-8-14-33-32-11-4-6-15-35(32)44-39(31)33/h1-25,40,42H. The van der Waals surface area contributed by atoms with Crippen molar-refractivity contribution in [2.24, 2.45) is 4.99 Å². The molecular formula is C40H27N3OS. The van der Waals surface area contributed by atoms with E-state index in [9.17, 15) is 0 Å². The summed E-state index contributed by atoms with van der Waals surface area (Å²) in [7, 11) is 0. The zero-order valence-electron chi connectivity index (χ0n) is 24.2. The molecule has 0 radical (unpaired) electrons. The van der Waals surface area contributed by atoms with E-state index in [0.717, 1.165) is 55.0 Å². The summed E-state index contributed by atoms with van der Waals surface area (Å²) >= 11 is 1.77. The average molecular weight is 598 g/mol. The van der Waals surface area contributed by atoms with Crippen LogP contribution in [0.3, 0.4) is 0 Å². The fourth-order valence-electron chi connectivity index (χ4n) is 6.39. The van der Waals surface area contributed by atoms with Crippen molar-refractivity contribution in [1.82, 2.24) is 0 Å². The van der Waals surface area contributed by atoms with Crippen molar-refractivity contribution < 1.29 is 4.42 Å². The molecule has 0 saturated carbocycles. The highest BCUT2D eigenvalue weighted by Gasteiger charge is 2.26. The fraction of sp³-hybridized carbons (Fsp3) is 0.0250. The van der Waals surface area contributed by atoms with E-state index in [1.165, 1.54) is 21.2 Å². The summed E-state index contributed by atoms with van der Waals surface area (Å²) in [5.41, 5.74) is 9.61. The molecule has 2 aromatic heterocycles. The van der Waals surface area contributed by atoms with Crippen LogP contribution in [-0.4, -0.2) is 12.5 Å². The van der Waals surface area contributed by atoms with Crippen LogP contribution in [0.2, 0.25) is 0 Å². The minimum Gasteiger partial charge on any atom is -0.455 e. The number of thiophene rings is 1. The second kappa shape index (κ2) is 10.5. The van der Waals surface area contributed by atoms with Gasteiger partial charge < -0.3 is 14.6 Å². The van der Waals surface area contributed by atoms with Crippen molar-refractivity contribution in [1.29, 1.82) is 0 Å². The molecule has 0 aliphatic carbocycles. The smallest absolute Gasteiger partial charge is 0.200 e. The Balaban J connectivity index is 1.12. The summed E-state index contributed by atoms with van der Waals surface area (Å²) in [4.78, 5) is 8.45. The SMILES string of the molecule is C1=NC(N(c2ccc(-c3ccccc3)cc2)c2ccc(-c3cccc4c3oc3ccccc34)cc2)Nc2c1sc1ccccc21. The first-order valence-electron chi connectivity index (χ1n) is 15.1. The molecule has 0 amide bonds. The van der Waals surface area contributed by atoms with Gasteiger partial charge in [0, 0.05) is 44.0 Å². The third-order valence-corrected chi connectivity index (χ3v) is 9.69. The number of rotatable bonds is 5. The molecule has 9 rings (SSSR count). The Kier molecular flexibility index (Phi) is 6.03. The maximum Gasteiger partial charge on any atom is 0.200 e. The number of aliphatic imine (C=N–C) groups is 1. The van der Waals surface area contributed by atoms with Crippen molar-refractivity contribution in [2.45, 2.75) is 6.29 Å². The Labute approximate surface area is 264 Å². The van der Waals surface area contributed by atoms with Crippen LogP contribution >= 0.6 is 11.3 Å². The van der Waals surface area contributed by atoms with Gasteiger partial charge in [-0.15, -0.1) is 11.3 Å². The van der Waals surface area contributed by atoms with E-state index in [4.69, 9.17) is 9.41 Å². The van der Waals surface area contributed by atoms with Gasteiger partial charge in [-0.3, -0.25) is 0 Å². The zero-order valence-corrected chi connectivity index (χ0v) is 25.0. The van der Waals surface area contributed by atoms with Crippen LogP contribution in [0.5, 0.6) is 0 Å². The number of hydrogen-bond donors (Lipinski definition) is 1. The van der Waals surface area contributed by atoms with Crippen molar-refractivity contribution in [3.05, 3.63) is 150 Å². The van der Waals surface area contributed by atoms with Crippen LogP contribution in [0.4, 0.5) is 17.1 Å². The van der Waals surface area contributed by atoms with E-state index >= 15 is 0 Å². The van der Waals surface area contributed by atoms with Crippen LogP contribution in [0, 0.1) is 0 Å². The number of anilines is 3. The number of nitrogens with zero attached hydrogens (tertiary/aromatic N) is 2. The summed E-state index contributed by atoms with van der Waals surface area (Å²) in [5, 5.41) is 7.26.